The molecule has 1 aromatic rings. The van der Waals surface area contributed by atoms with Crippen molar-refractivity contribution in [1.29, 1.82) is 0 Å². The molecule has 26 heavy (non-hydrogen) atoms. The van der Waals surface area contributed by atoms with Gasteiger partial charge in [-0.05, 0) is 31.2 Å². The first-order valence-electron chi connectivity index (χ1n) is 8.44. The fraction of sp³-hybridized carbons (Fsp3) is 0.600. The first kappa shape index (κ1) is 18.4. The Balaban J connectivity index is 1.58. The molecule has 4 amide bonds. The second-order valence-electron chi connectivity index (χ2n) is 6.39. The standard InChI is InChI=1S/C15H21N5O5S/c1-26(24,25)20-9-8-18(15(20)23)14(22)16-6-7-19-13(21)10-11-4-2-3-5-12(11)17-19/h10H,2-9H2,1H3,(H,16,22). The Hall–Kier alpha value is -2.43. The highest BCUT2D eigenvalue weighted by atomic mass is 32.2. The Labute approximate surface area is 150 Å². The van der Waals surface area contributed by atoms with Crippen LogP contribution >= 0.6 is 0 Å². The molecule has 1 aromatic heterocycles. The van der Waals surface area contributed by atoms with Crippen LogP contribution in [0.2, 0.25) is 0 Å². The van der Waals surface area contributed by atoms with E-state index in [4.69, 9.17) is 0 Å². The summed E-state index contributed by atoms with van der Waals surface area (Å²) in [6.07, 6.45) is 4.72. The number of hydrogen-bond donors (Lipinski definition) is 1. The SMILES string of the molecule is CS(=O)(=O)N1CCN(C(=O)NCCn2nc3c(cc2=O)CCCC3)C1=O. The summed E-state index contributed by atoms with van der Waals surface area (Å²) in [6, 6.07) is 0.0401. The van der Waals surface area contributed by atoms with Crippen LogP contribution < -0.4 is 10.9 Å². The number of nitrogens with zero attached hydrogens (tertiary/aromatic N) is 4. The normalized spacial score (nSPS) is 17.3. The van der Waals surface area contributed by atoms with Crippen molar-refractivity contribution in [2.45, 2.75) is 32.2 Å². The highest BCUT2D eigenvalue weighted by Crippen LogP contribution is 2.16. The molecular formula is C15H21N5O5S. The fourth-order valence-corrected chi connectivity index (χ4v) is 3.93. The lowest BCUT2D eigenvalue weighted by molar-refractivity contribution is 0.193. The van der Waals surface area contributed by atoms with E-state index in [0.29, 0.717) is 4.31 Å². The average molecular weight is 383 g/mol. The monoisotopic (exact) mass is 383 g/mol. The van der Waals surface area contributed by atoms with Gasteiger partial charge in [-0.3, -0.25) is 4.79 Å². The summed E-state index contributed by atoms with van der Waals surface area (Å²) in [7, 11) is -3.69. The maximum absolute atomic E-state index is 12.1. The van der Waals surface area contributed by atoms with Crippen molar-refractivity contribution in [3.8, 4) is 0 Å². The molecule has 2 aliphatic rings. The van der Waals surface area contributed by atoms with Gasteiger partial charge in [0.2, 0.25) is 10.0 Å². The van der Waals surface area contributed by atoms with Gasteiger partial charge in [0.1, 0.15) is 0 Å². The van der Waals surface area contributed by atoms with Gasteiger partial charge in [-0.2, -0.15) is 5.10 Å². The zero-order valence-corrected chi connectivity index (χ0v) is 15.3. The number of rotatable bonds is 4. The number of carbonyl (C=O) groups excluding carboxylic acids is 2. The van der Waals surface area contributed by atoms with Crippen LogP contribution in [-0.4, -0.2) is 65.4 Å². The quantitative estimate of drug-likeness (QED) is 0.750. The number of fused-ring (bicyclic) bond motifs is 1. The average Bonchev–Trinajstić information content (AvgIpc) is 2.97. The van der Waals surface area contributed by atoms with E-state index >= 15 is 0 Å². The molecule has 0 spiro atoms. The smallest absolute Gasteiger partial charge is 0.336 e. The second kappa shape index (κ2) is 7.06. The molecule has 11 heteroatoms. The molecule has 0 unspecified atom stereocenters. The third kappa shape index (κ3) is 3.71. The summed E-state index contributed by atoms with van der Waals surface area (Å²) in [5.74, 6) is 0. The van der Waals surface area contributed by atoms with Crippen LogP contribution in [0.15, 0.2) is 10.9 Å². The molecule has 10 nitrogen and oxygen atoms in total. The van der Waals surface area contributed by atoms with E-state index in [1.165, 1.54) is 4.68 Å². The van der Waals surface area contributed by atoms with Gasteiger partial charge in [-0.15, -0.1) is 0 Å². The molecule has 1 N–H and O–H groups in total. The number of sulfonamides is 1. The fourth-order valence-electron chi connectivity index (χ4n) is 3.14. The molecule has 1 fully saturated rings. The van der Waals surface area contributed by atoms with E-state index in [-0.39, 0.29) is 31.7 Å². The summed E-state index contributed by atoms with van der Waals surface area (Å²) in [5.41, 5.74) is 1.69. The number of urea groups is 2. The van der Waals surface area contributed by atoms with Gasteiger partial charge in [0.05, 0.1) is 31.6 Å². The molecule has 3 rings (SSSR count). The molecule has 0 radical (unpaired) electrons. The van der Waals surface area contributed by atoms with Crippen molar-refractivity contribution in [1.82, 2.24) is 24.3 Å². The predicted octanol–water partition coefficient (Wildman–Crippen LogP) is -0.471. The minimum absolute atomic E-state index is 0.00518. The summed E-state index contributed by atoms with van der Waals surface area (Å²) in [6.45, 7) is 0.217. The van der Waals surface area contributed by atoms with E-state index in [2.05, 4.69) is 10.4 Å². The van der Waals surface area contributed by atoms with Crippen molar-refractivity contribution in [2.75, 3.05) is 25.9 Å². The third-order valence-corrected chi connectivity index (χ3v) is 5.63. The summed E-state index contributed by atoms with van der Waals surface area (Å²) >= 11 is 0. The zero-order valence-electron chi connectivity index (χ0n) is 14.5. The Kier molecular flexibility index (Phi) is 4.99. The van der Waals surface area contributed by atoms with E-state index in [9.17, 15) is 22.8 Å². The van der Waals surface area contributed by atoms with E-state index < -0.39 is 22.1 Å². The Morgan fingerprint density at radius 2 is 1.96 bits per heavy atom. The second-order valence-corrected chi connectivity index (χ2v) is 8.29. The number of carbonyl (C=O) groups is 2. The summed E-state index contributed by atoms with van der Waals surface area (Å²) in [5, 5.41) is 6.88. The molecular weight excluding hydrogens is 362 g/mol. The highest BCUT2D eigenvalue weighted by molar-refractivity contribution is 7.88. The van der Waals surface area contributed by atoms with E-state index in [1.807, 2.05) is 0 Å². The van der Waals surface area contributed by atoms with Crippen molar-refractivity contribution in [3.05, 3.63) is 27.7 Å². The zero-order chi connectivity index (χ0) is 18.9. The van der Waals surface area contributed by atoms with Gasteiger partial charge in [0, 0.05) is 12.6 Å². The van der Waals surface area contributed by atoms with E-state index in [0.717, 1.165) is 48.1 Å². The van der Waals surface area contributed by atoms with Crippen molar-refractivity contribution < 1.29 is 18.0 Å². The third-order valence-electron chi connectivity index (χ3n) is 4.49. The van der Waals surface area contributed by atoms with Gasteiger partial charge >= 0.3 is 12.1 Å². The lowest BCUT2D eigenvalue weighted by atomic mass is 9.97. The van der Waals surface area contributed by atoms with E-state index in [1.54, 1.807) is 6.07 Å². The molecule has 0 saturated carbocycles. The number of hydrogen-bond acceptors (Lipinski definition) is 6. The first-order chi connectivity index (χ1) is 12.3. The Morgan fingerprint density at radius 1 is 1.23 bits per heavy atom. The van der Waals surface area contributed by atoms with Crippen LogP contribution in [0, 0.1) is 0 Å². The van der Waals surface area contributed by atoms with Crippen molar-refractivity contribution in [2.24, 2.45) is 0 Å². The highest BCUT2D eigenvalue weighted by Gasteiger charge is 2.37. The van der Waals surface area contributed by atoms with Crippen LogP contribution in [0.25, 0.3) is 0 Å². The van der Waals surface area contributed by atoms with Gasteiger partial charge in [-0.1, -0.05) is 0 Å². The number of nitrogens with one attached hydrogen (secondary N) is 1. The molecule has 0 bridgehead atoms. The minimum atomic E-state index is -3.69. The summed E-state index contributed by atoms with van der Waals surface area (Å²) < 4.78 is 24.9. The van der Waals surface area contributed by atoms with Crippen LogP contribution in [0.1, 0.15) is 24.1 Å². The lowest BCUT2D eigenvalue weighted by Gasteiger charge is -2.17. The van der Waals surface area contributed by atoms with Gasteiger partial charge < -0.3 is 5.32 Å². The molecule has 0 atom stereocenters. The van der Waals surface area contributed by atoms with Crippen molar-refractivity contribution >= 4 is 22.1 Å². The van der Waals surface area contributed by atoms with Crippen LogP contribution in [-0.2, 0) is 29.4 Å². The van der Waals surface area contributed by atoms with Gasteiger partial charge in [-0.25, -0.2) is 31.9 Å². The number of amides is 4. The molecule has 2 heterocycles. The lowest BCUT2D eigenvalue weighted by Crippen LogP contribution is -2.45. The molecule has 0 aromatic carbocycles. The maximum Gasteiger partial charge on any atom is 0.341 e. The maximum atomic E-state index is 12.1. The predicted molar refractivity (Wildman–Crippen MR) is 92.2 cm³/mol. The van der Waals surface area contributed by atoms with Gasteiger partial charge in [0.25, 0.3) is 5.56 Å². The largest absolute Gasteiger partial charge is 0.341 e. The van der Waals surface area contributed by atoms with Crippen molar-refractivity contribution in [3.63, 3.8) is 0 Å². The Bertz CT molecular complexity index is 894. The number of aromatic nitrogens is 2. The van der Waals surface area contributed by atoms with Crippen LogP contribution in [0.3, 0.4) is 0 Å². The van der Waals surface area contributed by atoms with Gasteiger partial charge in [0.15, 0.2) is 0 Å². The molecule has 142 valence electrons. The Morgan fingerprint density at radius 3 is 2.65 bits per heavy atom. The first-order valence-corrected chi connectivity index (χ1v) is 10.3. The molecule has 1 saturated heterocycles. The molecule has 1 aliphatic heterocycles. The summed E-state index contributed by atoms with van der Waals surface area (Å²) in [4.78, 5) is 37.0. The topological polar surface area (TPSA) is 122 Å². The number of imide groups is 1. The number of aryl methyl sites for hydroxylation is 2. The molecule has 1 aliphatic carbocycles. The van der Waals surface area contributed by atoms with Crippen LogP contribution in [0.4, 0.5) is 9.59 Å². The minimum Gasteiger partial charge on any atom is -0.336 e. The van der Waals surface area contributed by atoms with Crippen LogP contribution in [0.5, 0.6) is 0 Å².